The number of hydrogen-bond donors (Lipinski definition) is 1. The molecule has 4 rings (SSSR count). The molecule has 2 aliphatic rings. The summed E-state index contributed by atoms with van der Waals surface area (Å²) >= 11 is 0. The van der Waals surface area contributed by atoms with Crippen LogP contribution >= 0.6 is 0 Å². The number of carbonyl (C=O) groups excluding carboxylic acids is 1. The summed E-state index contributed by atoms with van der Waals surface area (Å²) in [5, 5.41) is 2.95. The van der Waals surface area contributed by atoms with Crippen LogP contribution in [0.15, 0.2) is 48.7 Å². The van der Waals surface area contributed by atoms with E-state index < -0.39 is 0 Å². The van der Waals surface area contributed by atoms with E-state index in [0.29, 0.717) is 0 Å². The van der Waals surface area contributed by atoms with Crippen molar-refractivity contribution in [2.24, 2.45) is 11.8 Å². The van der Waals surface area contributed by atoms with E-state index >= 15 is 0 Å². The number of hydrogen-bond acceptors (Lipinski definition) is 3. The van der Waals surface area contributed by atoms with Crippen LogP contribution in [0.1, 0.15) is 31.2 Å². The molecular formula is C21H25N3O. The lowest BCUT2D eigenvalue weighted by Crippen LogP contribution is -2.34. The van der Waals surface area contributed by atoms with Crippen molar-refractivity contribution in [1.82, 2.24) is 4.98 Å². The van der Waals surface area contributed by atoms with Crippen molar-refractivity contribution < 1.29 is 4.79 Å². The molecule has 0 spiro atoms. The summed E-state index contributed by atoms with van der Waals surface area (Å²) in [6.45, 7) is 2.11. The second-order valence-corrected chi connectivity index (χ2v) is 7.29. The zero-order valence-corrected chi connectivity index (χ0v) is 14.5. The summed E-state index contributed by atoms with van der Waals surface area (Å²) in [5.74, 6) is 2.14. The Balaban J connectivity index is 1.29. The molecule has 1 N–H and O–H groups in total. The van der Waals surface area contributed by atoms with E-state index in [1.54, 1.807) is 6.20 Å². The van der Waals surface area contributed by atoms with Crippen molar-refractivity contribution in [3.8, 4) is 0 Å². The number of pyridine rings is 1. The van der Waals surface area contributed by atoms with Crippen LogP contribution in [0.3, 0.4) is 0 Å². The van der Waals surface area contributed by atoms with Crippen molar-refractivity contribution in [2.45, 2.75) is 32.1 Å². The molecule has 1 saturated carbocycles. The van der Waals surface area contributed by atoms with Gasteiger partial charge in [-0.1, -0.05) is 30.3 Å². The molecule has 1 amide bonds. The minimum atomic E-state index is 0.135. The number of aromatic nitrogens is 1. The molecule has 0 unspecified atom stereocenters. The molecule has 4 nitrogen and oxygen atoms in total. The van der Waals surface area contributed by atoms with Crippen LogP contribution in [0.4, 0.5) is 11.5 Å². The van der Waals surface area contributed by atoms with Gasteiger partial charge in [-0.15, -0.1) is 0 Å². The smallest absolute Gasteiger partial charge is 0.227 e. The fourth-order valence-electron chi connectivity index (χ4n) is 3.55. The second-order valence-electron chi connectivity index (χ2n) is 7.29. The largest absolute Gasteiger partial charge is 0.357 e. The highest BCUT2D eigenvalue weighted by Gasteiger charge is 2.29. The number of piperidine rings is 1. The Labute approximate surface area is 149 Å². The standard InChI is InChI=1S/C21H25N3O/c25-21(18-6-7-18)23-19-8-9-20(22-15-19)24-12-10-17(11-13-24)14-16-4-2-1-3-5-16/h1-5,8-9,15,17-18H,6-7,10-14H2,(H,23,25). The van der Waals surface area contributed by atoms with Gasteiger partial charge < -0.3 is 10.2 Å². The van der Waals surface area contributed by atoms with Gasteiger partial charge in [0.25, 0.3) is 0 Å². The van der Waals surface area contributed by atoms with Gasteiger partial charge in [0.05, 0.1) is 11.9 Å². The molecule has 1 saturated heterocycles. The SMILES string of the molecule is O=C(Nc1ccc(N2CCC(Cc3ccccc3)CC2)nc1)C1CC1. The van der Waals surface area contributed by atoms with Crippen LogP contribution in [0.25, 0.3) is 0 Å². The average Bonchev–Trinajstić information content (AvgIpc) is 3.49. The quantitative estimate of drug-likeness (QED) is 0.901. The summed E-state index contributed by atoms with van der Waals surface area (Å²) in [5.41, 5.74) is 2.24. The fraction of sp³-hybridized carbons (Fsp3) is 0.429. The molecule has 2 aromatic rings. The Bertz CT molecular complexity index is 702. The van der Waals surface area contributed by atoms with E-state index in [1.165, 1.54) is 24.8 Å². The van der Waals surface area contributed by atoms with Crippen molar-refractivity contribution in [1.29, 1.82) is 0 Å². The maximum absolute atomic E-state index is 11.8. The summed E-state index contributed by atoms with van der Waals surface area (Å²) in [7, 11) is 0. The zero-order valence-electron chi connectivity index (χ0n) is 14.5. The number of benzene rings is 1. The van der Waals surface area contributed by atoms with Gasteiger partial charge in [0.15, 0.2) is 0 Å². The van der Waals surface area contributed by atoms with Crippen molar-refractivity contribution in [2.75, 3.05) is 23.3 Å². The lowest BCUT2D eigenvalue weighted by Gasteiger charge is -2.33. The number of nitrogens with one attached hydrogen (secondary N) is 1. The van der Waals surface area contributed by atoms with Crippen LogP contribution in [0.5, 0.6) is 0 Å². The Kier molecular flexibility index (Phi) is 4.68. The molecule has 0 bridgehead atoms. The first kappa shape index (κ1) is 16.1. The van der Waals surface area contributed by atoms with Crippen LogP contribution in [0, 0.1) is 11.8 Å². The van der Waals surface area contributed by atoms with Crippen LogP contribution in [0.2, 0.25) is 0 Å². The molecule has 1 aromatic heterocycles. The van der Waals surface area contributed by atoms with E-state index in [4.69, 9.17) is 0 Å². The summed E-state index contributed by atoms with van der Waals surface area (Å²) in [6, 6.07) is 14.8. The first-order chi connectivity index (χ1) is 12.3. The highest BCUT2D eigenvalue weighted by molar-refractivity contribution is 5.93. The van der Waals surface area contributed by atoms with E-state index in [0.717, 1.165) is 43.4 Å². The first-order valence-corrected chi connectivity index (χ1v) is 9.34. The van der Waals surface area contributed by atoms with Gasteiger partial charge in [-0.05, 0) is 55.7 Å². The average molecular weight is 335 g/mol. The highest BCUT2D eigenvalue weighted by Crippen LogP contribution is 2.30. The predicted octanol–water partition coefficient (Wildman–Crippen LogP) is 3.89. The monoisotopic (exact) mass is 335 g/mol. The predicted molar refractivity (Wildman–Crippen MR) is 101 cm³/mol. The molecule has 1 aliphatic carbocycles. The van der Waals surface area contributed by atoms with E-state index in [9.17, 15) is 4.79 Å². The Morgan fingerprint density at radius 3 is 2.44 bits per heavy atom. The normalized spacial score (nSPS) is 18.2. The molecule has 2 fully saturated rings. The Morgan fingerprint density at radius 2 is 1.80 bits per heavy atom. The highest BCUT2D eigenvalue weighted by atomic mass is 16.2. The van der Waals surface area contributed by atoms with Crippen molar-refractivity contribution >= 4 is 17.4 Å². The first-order valence-electron chi connectivity index (χ1n) is 9.34. The molecule has 1 aromatic carbocycles. The number of rotatable bonds is 5. The Morgan fingerprint density at radius 1 is 1.04 bits per heavy atom. The molecule has 25 heavy (non-hydrogen) atoms. The lowest BCUT2D eigenvalue weighted by molar-refractivity contribution is -0.117. The number of anilines is 2. The minimum absolute atomic E-state index is 0.135. The van der Waals surface area contributed by atoms with Gasteiger partial charge in [-0.3, -0.25) is 4.79 Å². The third-order valence-corrected chi connectivity index (χ3v) is 5.27. The molecule has 2 heterocycles. The fourth-order valence-corrected chi connectivity index (χ4v) is 3.55. The molecule has 0 atom stereocenters. The maximum atomic E-state index is 11.8. The van der Waals surface area contributed by atoms with Gasteiger partial charge in [-0.25, -0.2) is 4.98 Å². The van der Waals surface area contributed by atoms with Crippen LogP contribution in [-0.4, -0.2) is 24.0 Å². The number of carbonyl (C=O) groups is 1. The van der Waals surface area contributed by atoms with E-state index in [2.05, 4.69) is 45.5 Å². The topological polar surface area (TPSA) is 45.2 Å². The van der Waals surface area contributed by atoms with Gasteiger partial charge in [-0.2, -0.15) is 0 Å². The lowest BCUT2D eigenvalue weighted by atomic mass is 9.90. The minimum Gasteiger partial charge on any atom is -0.357 e. The summed E-state index contributed by atoms with van der Waals surface area (Å²) in [4.78, 5) is 18.7. The third kappa shape index (κ3) is 4.19. The number of amides is 1. The number of nitrogens with zero attached hydrogens (tertiary/aromatic N) is 2. The van der Waals surface area contributed by atoms with Gasteiger partial charge in [0, 0.05) is 19.0 Å². The van der Waals surface area contributed by atoms with Crippen molar-refractivity contribution in [3.05, 3.63) is 54.2 Å². The van der Waals surface area contributed by atoms with E-state index in [-0.39, 0.29) is 11.8 Å². The van der Waals surface area contributed by atoms with Gasteiger partial charge in [0.1, 0.15) is 5.82 Å². The maximum Gasteiger partial charge on any atom is 0.227 e. The summed E-state index contributed by atoms with van der Waals surface area (Å²) in [6.07, 6.45) is 7.41. The van der Waals surface area contributed by atoms with Gasteiger partial charge in [0.2, 0.25) is 5.91 Å². The van der Waals surface area contributed by atoms with Gasteiger partial charge >= 0.3 is 0 Å². The summed E-state index contributed by atoms with van der Waals surface area (Å²) < 4.78 is 0. The van der Waals surface area contributed by atoms with E-state index in [1.807, 2.05) is 12.1 Å². The molecule has 4 heteroatoms. The Hall–Kier alpha value is -2.36. The second kappa shape index (κ2) is 7.26. The van der Waals surface area contributed by atoms with Crippen molar-refractivity contribution in [3.63, 3.8) is 0 Å². The van der Waals surface area contributed by atoms with Crippen LogP contribution < -0.4 is 10.2 Å². The molecular weight excluding hydrogens is 310 g/mol. The molecule has 0 radical (unpaired) electrons. The zero-order chi connectivity index (χ0) is 17.1. The molecule has 130 valence electrons. The molecule has 1 aliphatic heterocycles. The third-order valence-electron chi connectivity index (χ3n) is 5.27. The van der Waals surface area contributed by atoms with Crippen LogP contribution in [-0.2, 0) is 11.2 Å².